The molecular formula is C15H23ClN2O2. The van der Waals surface area contributed by atoms with Gasteiger partial charge in [-0.1, -0.05) is 6.07 Å². The first kappa shape index (κ1) is 15.4. The van der Waals surface area contributed by atoms with Crippen LogP contribution in [0.5, 0.6) is 11.5 Å². The maximum atomic E-state index is 9.82. The van der Waals surface area contributed by atoms with Gasteiger partial charge < -0.3 is 15.2 Å². The molecule has 20 heavy (non-hydrogen) atoms. The number of likely N-dealkylation sites (tertiary alicyclic amines) is 1. The molecule has 1 spiro atoms. The van der Waals surface area contributed by atoms with E-state index in [1.807, 2.05) is 18.2 Å². The maximum Gasteiger partial charge on any atom is 0.160 e. The van der Waals surface area contributed by atoms with Gasteiger partial charge in [0.2, 0.25) is 0 Å². The first-order chi connectivity index (χ1) is 9.21. The molecular weight excluding hydrogens is 276 g/mol. The number of nitrogens with zero attached hydrogens (tertiary/aromatic N) is 1. The van der Waals surface area contributed by atoms with Crippen molar-refractivity contribution in [3.05, 3.63) is 23.8 Å². The fourth-order valence-electron chi connectivity index (χ4n) is 3.40. The van der Waals surface area contributed by atoms with Gasteiger partial charge in [0.25, 0.3) is 0 Å². The highest BCUT2D eigenvalue weighted by atomic mass is 35.5. The molecule has 0 aliphatic carbocycles. The minimum absolute atomic E-state index is 0. The Hall–Kier alpha value is -0.970. The van der Waals surface area contributed by atoms with Gasteiger partial charge in [0.1, 0.15) is 0 Å². The molecule has 2 saturated heterocycles. The number of ether oxygens (including phenoxy) is 1. The van der Waals surface area contributed by atoms with Crippen LogP contribution >= 0.6 is 12.4 Å². The number of halogens is 1. The molecule has 0 saturated carbocycles. The Morgan fingerprint density at radius 1 is 1.40 bits per heavy atom. The number of rotatable bonds is 3. The summed E-state index contributed by atoms with van der Waals surface area (Å²) in [4.78, 5) is 2.49. The monoisotopic (exact) mass is 298 g/mol. The molecule has 2 aliphatic heterocycles. The van der Waals surface area contributed by atoms with Crippen LogP contribution in [0.25, 0.3) is 0 Å². The van der Waals surface area contributed by atoms with Gasteiger partial charge in [-0.25, -0.2) is 0 Å². The topological polar surface area (TPSA) is 44.7 Å². The lowest BCUT2D eigenvalue weighted by Gasteiger charge is -2.23. The molecule has 0 radical (unpaired) electrons. The summed E-state index contributed by atoms with van der Waals surface area (Å²) in [5.74, 6) is 0.776. The molecule has 4 nitrogen and oxygen atoms in total. The van der Waals surface area contributed by atoms with Crippen LogP contribution in [-0.4, -0.2) is 43.3 Å². The Morgan fingerprint density at radius 2 is 2.25 bits per heavy atom. The summed E-state index contributed by atoms with van der Waals surface area (Å²) >= 11 is 0. The molecule has 0 aromatic heterocycles. The standard InChI is InChI=1S/C15H22N2O2.ClH/c1-19-14-3-2-12(8-13(14)18)9-17-7-5-15(11-17)4-6-16-10-15;/h2-3,8,16,18H,4-7,9-11H2,1H3;1H. The molecule has 2 aliphatic rings. The first-order valence-corrected chi connectivity index (χ1v) is 7.00. The molecule has 1 aromatic rings. The summed E-state index contributed by atoms with van der Waals surface area (Å²) < 4.78 is 5.07. The fourth-order valence-corrected chi connectivity index (χ4v) is 3.40. The number of methoxy groups -OCH3 is 1. The predicted molar refractivity (Wildman–Crippen MR) is 81.7 cm³/mol. The highest BCUT2D eigenvalue weighted by Gasteiger charge is 2.39. The molecule has 0 amide bonds. The molecule has 3 rings (SSSR count). The Balaban J connectivity index is 0.00000147. The quantitative estimate of drug-likeness (QED) is 0.896. The summed E-state index contributed by atoms with van der Waals surface area (Å²) in [7, 11) is 1.58. The lowest BCUT2D eigenvalue weighted by Crippen LogP contribution is -2.28. The van der Waals surface area contributed by atoms with Crippen LogP contribution in [0.1, 0.15) is 18.4 Å². The molecule has 0 bridgehead atoms. The van der Waals surface area contributed by atoms with E-state index in [9.17, 15) is 5.11 Å². The van der Waals surface area contributed by atoms with Crippen molar-refractivity contribution in [1.82, 2.24) is 10.2 Å². The van der Waals surface area contributed by atoms with Gasteiger partial charge in [-0.2, -0.15) is 0 Å². The van der Waals surface area contributed by atoms with Crippen molar-refractivity contribution in [2.45, 2.75) is 19.4 Å². The van der Waals surface area contributed by atoms with E-state index in [1.165, 1.54) is 19.4 Å². The average molecular weight is 299 g/mol. The maximum absolute atomic E-state index is 9.82. The molecule has 2 N–H and O–H groups in total. The lowest BCUT2D eigenvalue weighted by atomic mass is 9.86. The third-order valence-corrected chi connectivity index (χ3v) is 4.50. The van der Waals surface area contributed by atoms with Gasteiger partial charge in [-0.05, 0) is 49.0 Å². The molecule has 2 heterocycles. The molecule has 1 unspecified atom stereocenters. The number of hydrogen-bond donors (Lipinski definition) is 2. The molecule has 112 valence electrons. The highest BCUT2D eigenvalue weighted by Crippen LogP contribution is 2.37. The van der Waals surface area contributed by atoms with Crippen molar-refractivity contribution in [3.63, 3.8) is 0 Å². The summed E-state index contributed by atoms with van der Waals surface area (Å²) in [5, 5.41) is 13.3. The van der Waals surface area contributed by atoms with Crippen LogP contribution < -0.4 is 10.1 Å². The van der Waals surface area contributed by atoms with E-state index in [-0.39, 0.29) is 18.2 Å². The minimum Gasteiger partial charge on any atom is -0.504 e. The van der Waals surface area contributed by atoms with E-state index in [0.717, 1.165) is 31.7 Å². The fraction of sp³-hybridized carbons (Fsp3) is 0.600. The van der Waals surface area contributed by atoms with Crippen molar-refractivity contribution in [1.29, 1.82) is 0 Å². The Bertz CT molecular complexity index is 461. The SMILES string of the molecule is COc1ccc(CN2CCC3(CCNC3)C2)cc1O.Cl. The van der Waals surface area contributed by atoms with E-state index in [0.29, 0.717) is 11.2 Å². The minimum atomic E-state index is 0. The second kappa shape index (κ2) is 6.20. The zero-order chi connectivity index (χ0) is 13.3. The van der Waals surface area contributed by atoms with Gasteiger partial charge in [0.15, 0.2) is 11.5 Å². The van der Waals surface area contributed by atoms with Gasteiger partial charge >= 0.3 is 0 Å². The second-order valence-electron chi connectivity index (χ2n) is 5.89. The zero-order valence-electron chi connectivity index (χ0n) is 11.9. The van der Waals surface area contributed by atoms with Gasteiger partial charge in [-0.3, -0.25) is 4.90 Å². The Labute approximate surface area is 126 Å². The van der Waals surface area contributed by atoms with Crippen molar-refractivity contribution in [2.24, 2.45) is 5.41 Å². The summed E-state index contributed by atoms with van der Waals surface area (Å²) in [6.45, 7) is 5.58. The summed E-state index contributed by atoms with van der Waals surface area (Å²) in [6, 6.07) is 5.70. The smallest absolute Gasteiger partial charge is 0.160 e. The number of benzene rings is 1. The van der Waals surface area contributed by atoms with Crippen molar-refractivity contribution >= 4 is 12.4 Å². The molecule has 1 atom stereocenters. The van der Waals surface area contributed by atoms with Gasteiger partial charge in [0, 0.05) is 19.6 Å². The number of aromatic hydroxyl groups is 1. The summed E-state index contributed by atoms with van der Waals surface area (Å²) in [6.07, 6.45) is 2.60. The van der Waals surface area contributed by atoms with Crippen LogP contribution in [0.3, 0.4) is 0 Å². The van der Waals surface area contributed by atoms with Crippen LogP contribution in [-0.2, 0) is 6.54 Å². The van der Waals surface area contributed by atoms with Gasteiger partial charge in [-0.15, -0.1) is 12.4 Å². The van der Waals surface area contributed by atoms with Crippen molar-refractivity contribution in [3.8, 4) is 11.5 Å². The normalized spacial score (nSPS) is 25.9. The van der Waals surface area contributed by atoms with Crippen LogP contribution in [0.2, 0.25) is 0 Å². The van der Waals surface area contributed by atoms with Crippen LogP contribution in [0.15, 0.2) is 18.2 Å². The van der Waals surface area contributed by atoms with Crippen LogP contribution in [0.4, 0.5) is 0 Å². The number of nitrogens with one attached hydrogen (secondary N) is 1. The first-order valence-electron chi connectivity index (χ1n) is 7.00. The van der Waals surface area contributed by atoms with Crippen molar-refractivity contribution < 1.29 is 9.84 Å². The summed E-state index contributed by atoms with van der Waals surface area (Å²) in [5.41, 5.74) is 1.66. The number of hydrogen-bond acceptors (Lipinski definition) is 4. The largest absolute Gasteiger partial charge is 0.504 e. The Morgan fingerprint density at radius 3 is 2.90 bits per heavy atom. The molecule has 2 fully saturated rings. The Kier molecular flexibility index (Phi) is 4.78. The average Bonchev–Trinajstić information content (AvgIpc) is 3.01. The van der Waals surface area contributed by atoms with E-state index < -0.39 is 0 Å². The van der Waals surface area contributed by atoms with E-state index >= 15 is 0 Å². The lowest BCUT2D eigenvalue weighted by molar-refractivity contribution is 0.268. The number of phenols is 1. The molecule has 5 heteroatoms. The van der Waals surface area contributed by atoms with Crippen molar-refractivity contribution in [2.75, 3.05) is 33.3 Å². The molecule has 1 aromatic carbocycles. The van der Waals surface area contributed by atoms with Crippen LogP contribution in [0, 0.1) is 5.41 Å². The third-order valence-electron chi connectivity index (χ3n) is 4.50. The van der Waals surface area contributed by atoms with Gasteiger partial charge in [0.05, 0.1) is 7.11 Å². The number of phenolic OH excluding ortho intramolecular Hbond substituents is 1. The highest BCUT2D eigenvalue weighted by molar-refractivity contribution is 5.85. The van der Waals surface area contributed by atoms with E-state index in [1.54, 1.807) is 7.11 Å². The second-order valence-corrected chi connectivity index (χ2v) is 5.89. The zero-order valence-corrected chi connectivity index (χ0v) is 12.7. The predicted octanol–water partition coefficient (Wildman–Crippen LogP) is 2.01. The third kappa shape index (κ3) is 3.03. The van der Waals surface area contributed by atoms with E-state index in [2.05, 4.69) is 10.2 Å². The van der Waals surface area contributed by atoms with E-state index in [4.69, 9.17) is 4.74 Å².